The van der Waals surface area contributed by atoms with Gasteiger partial charge in [-0.05, 0) is 28.1 Å². The highest BCUT2D eigenvalue weighted by Gasteiger charge is 2.33. The lowest BCUT2D eigenvalue weighted by Crippen LogP contribution is -2.10. The first-order chi connectivity index (χ1) is 12.1. The zero-order valence-corrected chi connectivity index (χ0v) is 15.9. The third-order valence-electron chi connectivity index (χ3n) is 3.82. The minimum absolute atomic E-state index is 0.0559. The highest BCUT2D eigenvalue weighted by molar-refractivity contribution is 9.10. The fraction of sp³-hybridized carbons (Fsp3) is 0.267. The summed E-state index contributed by atoms with van der Waals surface area (Å²) in [7, 11) is -2.10. The van der Waals surface area contributed by atoms with Crippen molar-refractivity contribution in [2.45, 2.75) is 18.1 Å². The van der Waals surface area contributed by atoms with Crippen molar-refractivity contribution in [3.8, 4) is 11.4 Å². The summed E-state index contributed by atoms with van der Waals surface area (Å²) in [6.45, 7) is 1.48. The van der Waals surface area contributed by atoms with E-state index in [4.69, 9.17) is 0 Å². The van der Waals surface area contributed by atoms with Crippen molar-refractivity contribution in [1.82, 2.24) is 19.5 Å². The van der Waals surface area contributed by atoms with Crippen LogP contribution in [0.2, 0.25) is 0 Å². The second-order valence-corrected chi connectivity index (χ2v) is 8.47. The number of fused-ring (bicyclic) bond motifs is 1. The Morgan fingerprint density at radius 3 is 2.58 bits per heavy atom. The van der Waals surface area contributed by atoms with E-state index in [0.29, 0.717) is 9.99 Å². The van der Waals surface area contributed by atoms with Crippen LogP contribution in [0.25, 0.3) is 22.4 Å². The maximum atomic E-state index is 12.9. The normalized spacial score (nSPS) is 12.7. The van der Waals surface area contributed by atoms with Crippen LogP contribution >= 0.6 is 15.9 Å². The zero-order valence-electron chi connectivity index (χ0n) is 13.5. The Kier molecular flexibility index (Phi) is 4.55. The predicted molar refractivity (Wildman–Crippen MR) is 92.2 cm³/mol. The van der Waals surface area contributed by atoms with Gasteiger partial charge in [0.1, 0.15) is 11.5 Å². The van der Waals surface area contributed by atoms with Gasteiger partial charge in [-0.1, -0.05) is 6.92 Å². The van der Waals surface area contributed by atoms with Gasteiger partial charge in [0.2, 0.25) is 0 Å². The molecule has 0 amide bonds. The fourth-order valence-corrected chi connectivity index (χ4v) is 4.08. The minimum Gasteiger partial charge on any atom is -0.326 e. The van der Waals surface area contributed by atoms with Crippen molar-refractivity contribution >= 4 is 36.8 Å². The van der Waals surface area contributed by atoms with E-state index >= 15 is 0 Å². The molecule has 0 saturated carbocycles. The maximum absolute atomic E-state index is 12.9. The van der Waals surface area contributed by atoms with E-state index in [1.54, 1.807) is 13.1 Å². The molecule has 0 saturated heterocycles. The lowest BCUT2D eigenvalue weighted by molar-refractivity contribution is -0.141. The van der Waals surface area contributed by atoms with Crippen LogP contribution in [-0.2, 0) is 23.1 Å². The van der Waals surface area contributed by atoms with Crippen LogP contribution in [-0.4, -0.2) is 33.7 Å². The highest BCUT2D eigenvalue weighted by atomic mass is 79.9. The number of rotatable bonds is 3. The number of hydrogen-bond acceptors (Lipinski definition) is 5. The topological polar surface area (TPSA) is 77.7 Å². The number of halogens is 4. The molecule has 0 aliphatic rings. The lowest BCUT2D eigenvalue weighted by Gasteiger charge is -2.10. The quantitative estimate of drug-likeness (QED) is 0.611. The average Bonchev–Trinajstić information content (AvgIpc) is 2.90. The number of imidazole rings is 1. The maximum Gasteiger partial charge on any atom is 0.433 e. The Labute approximate surface area is 155 Å². The first-order valence-electron chi connectivity index (χ1n) is 7.33. The fourth-order valence-electron chi connectivity index (χ4n) is 2.46. The molecule has 3 rings (SSSR count). The minimum atomic E-state index is -4.60. The molecule has 0 N–H and O–H groups in total. The van der Waals surface area contributed by atoms with Crippen molar-refractivity contribution in [2.24, 2.45) is 7.05 Å². The van der Waals surface area contributed by atoms with Gasteiger partial charge in [0, 0.05) is 17.7 Å². The standard InChI is InChI=1S/C15H12BrF3N4O2S/c1-3-26(24,25)14-12(8(16)4-5-20-14)13-22-9-6-11(15(17,18)19)21-7-10(9)23(13)2/h4-7H,3H2,1-2H3. The molecule has 0 fully saturated rings. The number of pyridine rings is 2. The number of nitrogens with zero attached hydrogens (tertiary/aromatic N) is 4. The number of sulfone groups is 1. The van der Waals surface area contributed by atoms with E-state index in [-0.39, 0.29) is 27.7 Å². The van der Waals surface area contributed by atoms with Crippen molar-refractivity contribution in [3.63, 3.8) is 0 Å². The molecule has 0 spiro atoms. The molecule has 3 aromatic heterocycles. The molecule has 6 nitrogen and oxygen atoms in total. The van der Waals surface area contributed by atoms with Gasteiger partial charge in [-0.2, -0.15) is 13.2 Å². The van der Waals surface area contributed by atoms with E-state index in [0.717, 1.165) is 12.3 Å². The summed E-state index contributed by atoms with van der Waals surface area (Å²) in [5.74, 6) is 0.000750. The van der Waals surface area contributed by atoms with Gasteiger partial charge in [0.15, 0.2) is 14.9 Å². The van der Waals surface area contributed by atoms with E-state index in [2.05, 4.69) is 30.9 Å². The Balaban J connectivity index is 2.32. The Hall–Kier alpha value is -2.01. The second kappa shape index (κ2) is 6.31. The molecule has 138 valence electrons. The molecule has 26 heavy (non-hydrogen) atoms. The molecule has 11 heteroatoms. The molecule has 0 aliphatic heterocycles. The molecule has 0 aromatic carbocycles. The van der Waals surface area contributed by atoms with E-state index < -0.39 is 21.7 Å². The second-order valence-electron chi connectivity index (χ2n) is 5.43. The van der Waals surface area contributed by atoms with E-state index in [1.165, 1.54) is 17.7 Å². The lowest BCUT2D eigenvalue weighted by atomic mass is 10.2. The number of aromatic nitrogens is 4. The van der Waals surface area contributed by atoms with Crippen molar-refractivity contribution in [2.75, 3.05) is 5.75 Å². The predicted octanol–water partition coefficient (Wildman–Crippen LogP) is 3.61. The molecule has 0 atom stereocenters. The molecular weight excluding hydrogens is 437 g/mol. The summed E-state index contributed by atoms with van der Waals surface area (Å²) < 4.78 is 65.3. The molecule has 0 radical (unpaired) electrons. The SMILES string of the molecule is CCS(=O)(=O)c1nccc(Br)c1-c1nc2cc(C(F)(F)F)ncc2n1C. The Morgan fingerprint density at radius 1 is 1.27 bits per heavy atom. The number of alkyl halides is 3. The van der Waals surface area contributed by atoms with Crippen LogP contribution in [0.1, 0.15) is 12.6 Å². The summed E-state index contributed by atoms with van der Waals surface area (Å²) in [4.78, 5) is 11.6. The van der Waals surface area contributed by atoms with Crippen LogP contribution < -0.4 is 0 Å². The third kappa shape index (κ3) is 3.09. The summed E-state index contributed by atoms with van der Waals surface area (Å²) in [5.41, 5.74) is -0.480. The number of hydrogen-bond donors (Lipinski definition) is 0. The summed E-state index contributed by atoms with van der Waals surface area (Å²) >= 11 is 3.29. The highest BCUT2D eigenvalue weighted by Crippen LogP contribution is 2.35. The zero-order chi connectivity index (χ0) is 19.3. The molecule has 3 heterocycles. The molecule has 0 aliphatic carbocycles. The van der Waals surface area contributed by atoms with Gasteiger partial charge in [-0.25, -0.2) is 23.4 Å². The van der Waals surface area contributed by atoms with Crippen LogP contribution in [0, 0.1) is 0 Å². The first-order valence-corrected chi connectivity index (χ1v) is 9.78. The molecule has 0 bridgehead atoms. The summed E-state index contributed by atoms with van der Waals surface area (Å²) in [6.07, 6.45) is -2.20. The van der Waals surface area contributed by atoms with Crippen LogP contribution in [0.5, 0.6) is 0 Å². The third-order valence-corrected chi connectivity index (χ3v) is 6.14. The van der Waals surface area contributed by atoms with Gasteiger partial charge >= 0.3 is 6.18 Å². The van der Waals surface area contributed by atoms with Gasteiger partial charge in [0.25, 0.3) is 0 Å². The van der Waals surface area contributed by atoms with Crippen LogP contribution in [0.3, 0.4) is 0 Å². The monoisotopic (exact) mass is 448 g/mol. The van der Waals surface area contributed by atoms with Gasteiger partial charge in [-0.3, -0.25) is 0 Å². The Morgan fingerprint density at radius 2 is 1.96 bits per heavy atom. The molecule has 3 aromatic rings. The van der Waals surface area contributed by atoms with Gasteiger partial charge in [0.05, 0.1) is 28.5 Å². The van der Waals surface area contributed by atoms with E-state index in [1.807, 2.05) is 0 Å². The number of aryl methyl sites for hydroxylation is 1. The Bertz CT molecular complexity index is 1110. The van der Waals surface area contributed by atoms with E-state index in [9.17, 15) is 21.6 Å². The van der Waals surface area contributed by atoms with Crippen LogP contribution in [0.15, 0.2) is 34.0 Å². The average molecular weight is 449 g/mol. The summed E-state index contributed by atoms with van der Waals surface area (Å²) in [6, 6.07) is 2.37. The largest absolute Gasteiger partial charge is 0.433 e. The van der Waals surface area contributed by atoms with Gasteiger partial charge in [-0.15, -0.1) is 0 Å². The molecular formula is C15H12BrF3N4O2S. The summed E-state index contributed by atoms with van der Waals surface area (Å²) in [5, 5.41) is -0.184. The van der Waals surface area contributed by atoms with Crippen molar-refractivity contribution in [3.05, 3.63) is 34.7 Å². The first kappa shape index (κ1) is 18.8. The van der Waals surface area contributed by atoms with Crippen LogP contribution in [0.4, 0.5) is 13.2 Å². The molecule has 0 unspecified atom stereocenters. The van der Waals surface area contributed by atoms with Crippen molar-refractivity contribution in [1.29, 1.82) is 0 Å². The van der Waals surface area contributed by atoms with Gasteiger partial charge < -0.3 is 4.57 Å². The van der Waals surface area contributed by atoms with Crippen molar-refractivity contribution < 1.29 is 21.6 Å². The smallest absolute Gasteiger partial charge is 0.326 e.